The molecule has 7 nitrogen and oxygen atoms in total. The van der Waals surface area contributed by atoms with Gasteiger partial charge in [0.05, 0.1) is 0 Å². The Morgan fingerprint density at radius 3 is 2.32 bits per heavy atom. The van der Waals surface area contributed by atoms with Crippen molar-refractivity contribution in [3.05, 3.63) is 0 Å². The van der Waals surface area contributed by atoms with Crippen LogP contribution in [0.5, 0.6) is 0 Å². The molecule has 0 aromatic carbocycles. The second-order valence-corrected chi connectivity index (χ2v) is 7.08. The lowest BCUT2D eigenvalue weighted by Gasteiger charge is -2.23. The summed E-state index contributed by atoms with van der Waals surface area (Å²) in [5.41, 5.74) is 0. The molecule has 4 amide bonds. The average Bonchev–Trinajstić information content (AvgIpc) is 2.86. The monoisotopic (exact) mass is 352 g/mol. The van der Waals surface area contributed by atoms with Gasteiger partial charge in [-0.25, -0.2) is 4.79 Å². The van der Waals surface area contributed by atoms with E-state index in [9.17, 15) is 14.4 Å². The zero-order chi connectivity index (χ0) is 18.1. The number of amides is 4. The fourth-order valence-electron chi connectivity index (χ4n) is 3.56. The SMILES string of the molecule is CC(=O)N1CCCN(C(=O)CCCNC(=O)NC2CCCCC2)CC1. The van der Waals surface area contributed by atoms with Crippen LogP contribution in [0.4, 0.5) is 4.79 Å². The van der Waals surface area contributed by atoms with E-state index < -0.39 is 0 Å². The van der Waals surface area contributed by atoms with Gasteiger partial charge >= 0.3 is 6.03 Å². The minimum Gasteiger partial charge on any atom is -0.341 e. The van der Waals surface area contributed by atoms with E-state index in [-0.39, 0.29) is 17.8 Å². The van der Waals surface area contributed by atoms with Crippen molar-refractivity contribution in [3.63, 3.8) is 0 Å². The number of urea groups is 1. The third-order valence-corrected chi connectivity index (χ3v) is 5.09. The van der Waals surface area contributed by atoms with Gasteiger partial charge in [-0.15, -0.1) is 0 Å². The molecule has 142 valence electrons. The third kappa shape index (κ3) is 6.92. The van der Waals surface area contributed by atoms with E-state index in [1.54, 1.807) is 11.8 Å². The summed E-state index contributed by atoms with van der Waals surface area (Å²) in [5.74, 6) is 0.183. The summed E-state index contributed by atoms with van der Waals surface area (Å²) < 4.78 is 0. The maximum atomic E-state index is 12.3. The molecule has 0 spiro atoms. The van der Waals surface area contributed by atoms with E-state index in [4.69, 9.17) is 0 Å². The Kier molecular flexibility index (Phi) is 8.01. The molecule has 0 aromatic heterocycles. The van der Waals surface area contributed by atoms with E-state index in [0.29, 0.717) is 45.1 Å². The first-order chi connectivity index (χ1) is 12.1. The van der Waals surface area contributed by atoms with Crippen LogP contribution in [0.3, 0.4) is 0 Å². The van der Waals surface area contributed by atoms with Crippen molar-refractivity contribution in [3.8, 4) is 0 Å². The zero-order valence-corrected chi connectivity index (χ0v) is 15.4. The van der Waals surface area contributed by atoms with Crippen molar-refractivity contribution in [2.75, 3.05) is 32.7 Å². The number of hydrogen-bond acceptors (Lipinski definition) is 3. The topological polar surface area (TPSA) is 81.8 Å². The summed E-state index contributed by atoms with van der Waals surface area (Å²) in [7, 11) is 0. The lowest BCUT2D eigenvalue weighted by Crippen LogP contribution is -2.43. The van der Waals surface area contributed by atoms with Crippen molar-refractivity contribution in [1.29, 1.82) is 0 Å². The van der Waals surface area contributed by atoms with Gasteiger partial charge in [0.1, 0.15) is 0 Å². The first-order valence-corrected chi connectivity index (χ1v) is 9.64. The molecular formula is C18H32N4O3. The van der Waals surface area contributed by atoms with Gasteiger partial charge in [0.25, 0.3) is 0 Å². The van der Waals surface area contributed by atoms with Crippen molar-refractivity contribution in [1.82, 2.24) is 20.4 Å². The molecule has 1 heterocycles. The highest BCUT2D eigenvalue weighted by molar-refractivity contribution is 5.77. The van der Waals surface area contributed by atoms with Crippen LogP contribution in [0.25, 0.3) is 0 Å². The zero-order valence-electron chi connectivity index (χ0n) is 15.4. The lowest BCUT2D eigenvalue weighted by atomic mass is 9.96. The minimum absolute atomic E-state index is 0.0717. The molecule has 0 bridgehead atoms. The Hall–Kier alpha value is -1.79. The highest BCUT2D eigenvalue weighted by atomic mass is 16.2. The van der Waals surface area contributed by atoms with Crippen LogP contribution in [0.1, 0.15) is 58.3 Å². The highest BCUT2D eigenvalue weighted by Gasteiger charge is 2.20. The average molecular weight is 352 g/mol. The van der Waals surface area contributed by atoms with E-state index in [1.807, 2.05) is 4.90 Å². The molecule has 0 unspecified atom stereocenters. The molecule has 2 fully saturated rings. The summed E-state index contributed by atoms with van der Waals surface area (Å²) in [5, 5.41) is 5.86. The summed E-state index contributed by atoms with van der Waals surface area (Å²) in [6.07, 6.45) is 7.69. The Morgan fingerprint density at radius 2 is 1.60 bits per heavy atom. The molecule has 7 heteroatoms. The molecule has 0 aromatic rings. The van der Waals surface area contributed by atoms with Crippen molar-refractivity contribution >= 4 is 17.8 Å². The Labute approximate surface area is 150 Å². The maximum Gasteiger partial charge on any atom is 0.315 e. The summed E-state index contributed by atoms with van der Waals surface area (Å²) in [4.78, 5) is 39.2. The number of nitrogens with one attached hydrogen (secondary N) is 2. The molecule has 1 saturated carbocycles. The van der Waals surface area contributed by atoms with Gasteiger partial charge in [-0.2, -0.15) is 0 Å². The van der Waals surface area contributed by atoms with Gasteiger partial charge in [0, 0.05) is 52.1 Å². The normalized spacial score (nSPS) is 19.2. The van der Waals surface area contributed by atoms with Crippen molar-refractivity contribution in [2.24, 2.45) is 0 Å². The third-order valence-electron chi connectivity index (χ3n) is 5.09. The molecule has 0 radical (unpaired) electrons. The largest absolute Gasteiger partial charge is 0.341 e. The smallest absolute Gasteiger partial charge is 0.315 e. The maximum absolute atomic E-state index is 12.3. The van der Waals surface area contributed by atoms with Crippen LogP contribution in [0, 0.1) is 0 Å². The number of rotatable bonds is 5. The predicted molar refractivity (Wildman–Crippen MR) is 96.1 cm³/mol. The molecule has 1 saturated heterocycles. The first kappa shape index (κ1) is 19.5. The van der Waals surface area contributed by atoms with Crippen LogP contribution >= 0.6 is 0 Å². The van der Waals surface area contributed by atoms with Gasteiger partial charge < -0.3 is 20.4 Å². The predicted octanol–water partition coefficient (Wildman–Crippen LogP) is 1.48. The quantitative estimate of drug-likeness (QED) is 0.735. The Bertz CT molecular complexity index is 463. The summed E-state index contributed by atoms with van der Waals surface area (Å²) in [6.45, 7) is 4.73. The van der Waals surface area contributed by atoms with Crippen LogP contribution in [0.2, 0.25) is 0 Å². The number of nitrogens with zero attached hydrogens (tertiary/aromatic N) is 2. The first-order valence-electron chi connectivity index (χ1n) is 9.64. The van der Waals surface area contributed by atoms with Crippen molar-refractivity contribution in [2.45, 2.75) is 64.3 Å². The van der Waals surface area contributed by atoms with Gasteiger partial charge in [-0.05, 0) is 25.7 Å². The molecule has 25 heavy (non-hydrogen) atoms. The second-order valence-electron chi connectivity index (χ2n) is 7.08. The van der Waals surface area contributed by atoms with Crippen LogP contribution in [-0.2, 0) is 9.59 Å². The summed E-state index contributed by atoms with van der Waals surface area (Å²) >= 11 is 0. The van der Waals surface area contributed by atoms with Gasteiger partial charge in [-0.1, -0.05) is 19.3 Å². The lowest BCUT2D eigenvalue weighted by molar-refractivity contribution is -0.132. The molecule has 2 aliphatic rings. The molecule has 2 rings (SSSR count). The second kappa shape index (κ2) is 10.3. The standard InChI is InChI=1S/C18H32N4O3/c1-15(23)21-11-6-12-22(14-13-21)17(24)9-5-10-19-18(25)20-16-7-3-2-4-8-16/h16H,2-14H2,1H3,(H2,19,20,25). The molecule has 1 aliphatic carbocycles. The van der Waals surface area contributed by atoms with Gasteiger partial charge in [-0.3, -0.25) is 9.59 Å². The van der Waals surface area contributed by atoms with Crippen LogP contribution in [0.15, 0.2) is 0 Å². The van der Waals surface area contributed by atoms with Crippen molar-refractivity contribution < 1.29 is 14.4 Å². The fraction of sp³-hybridized carbons (Fsp3) is 0.833. The highest BCUT2D eigenvalue weighted by Crippen LogP contribution is 2.17. The van der Waals surface area contributed by atoms with E-state index in [1.165, 1.54) is 19.3 Å². The fourth-order valence-corrected chi connectivity index (χ4v) is 3.56. The Balaban J connectivity index is 1.58. The number of hydrogen-bond donors (Lipinski definition) is 2. The van der Waals surface area contributed by atoms with Crippen LogP contribution in [-0.4, -0.2) is 66.4 Å². The number of carbonyl (C=O) groups is 3. The molecule has 2 N–H and O–H groups in total. The molecule has 1 aliphatic heterocycles. The van der Waals surface area contributed by atoms with Crippen LogP contribution < -0.4 is 10.6 Å². The van der Waals surface area contributed by atoms with Gasteiger partial charge in [0.2, 0.25) is 11.8 Å². The minimum atomic E-state index is -0.119. The van der Waals surface area contributed by atoms with Gasteiger partial charge in [0.15, 0.2) is 0 Å². The van der Waals surface area contributed by atoms with E-state index >= 15 is 0 Å². The molecular weight excluding hydrogens is 320 g/mol. The molecule has 0 atom stereocenters. The van der Waals surface area contributed by atoms with E-state index in [0.717, 1.165) is 25.8 Å². The summed E-state index contributed by atoms with van der Waals surface area (Å²) in [6, 6.07) is 0.183. The number of carbonyl (C=O) groups excluding carboxylic acids is 3. The Morgan fingerprint density at radius 1 is 0.920 bits per heavy atom. The van der Waals surface area contributed by atoms with E-state index in [2.05, 4.69) is 10.6 Å².